The molecule has 0 aliphatic carbocycles. The fourth-order valence-corrected chi connectivity index (χ4v) is 3.71. The number of aromatic hydroxyl groups is 1. The van der Waals surface area contributed by atoms with Gasteiger partial charge in [0.15, 0.2) is 5.76 Å². The molecule has 5 heteroatoms. The van der Waals surface area contributed by atoms with Gasteiger partial charge in [-0.2, -0.15) is 0 Å². The molecule has 1 fully saturated rings. The highest BCUT2D eigenvalue weighted by atomic mass is 16.5. The van der Waals surface area contributed by atoms with Gasteiger partial charge in [0.25, 0.3) is 0 Å². The predicted octanol–water partition coefficient (Wildman–Crippen LogP) is 4.28. The number of carbonyl (C=O) groups excluding carboxylic acids is 1. The van der Waals surface area contributed by atoms with E-state index in [-0.39, 0.29) is 17.3 Å². The molecule has 1 aromatic heterocycles. The molecule has 136 valence electrons. The number of Topliss-reactive ketones (excluding diaryl/α,β-unsaturated/α-hetero) is 1. The molecule has 1 atom stereocenters. The quantitative estimate of drug-likeness (QED) is 0.834. The predicted molar refractivity (Wildman–Crippen MR) is 98.2 cm³/mol. The lowest BCUT2D eigenvalue weighted by atomic mass is 10.0. The summed E-state index contributed by atoms with van der Waals surface area (Å²) in [5.41, 5.74) is 1.18. The van der Waals surface area contributed by atoms with Gasteiger partial charge in [-0.05, 0) is 57.5 Å². The van der Waals surface area contributed by atoms with Crippen LogP contribution in [0.1, 0.15) is 53.6 Å². The molecule has 0 amide bonds. The van der Waals surface area contributed by atoms with E-state index in [1.54, 1.807) is 24.3 Å². The van der Waals surface area contributed by atoms with Gasteiger partial charge in [0.05, 0.1) is 11.1 Å². The summed E-state index contributed by atoms with van der Waals surface area (Å²) in [5.74, 6) is 2.05. The number of carbonyl (C=O) groups is 1. The highest BCUT2D eigenvalue weighted by molar-refractivity contribution is 6.14. The summed E-state index contributed by atoms with van der Waals surface area (Å²) in [6, 6.07) is 7.31. The Bertz CT molecular complexity index is 880. The van der Waals surface area contributed by atoms with E-state index in [1.165, 1.54) is 6.42 Å². The zero-order valence-corrected chi connectivity index (χ0v) is 15.1. The number of piperidine rings is 1. The number of aryl methyl sites for hydroxylation is 1. The van der Waals surface area contributed by atoms with Crippen molar-refractivity contribution in [3.63, 3.8) is 0 Å². The second-order valence-electron chi connectivity index (χ2n) is 7.14. The van der Waals surface area contributed by atoms with Crippen molar-refractivity contribution in [2.75, 3.05) is 6.54 Å². The normalized spacial score (nSPS) is 21.8. The molecule has 0 bridgehead atoms. The number of rotatable bonds is 3. The first-order valence-electron chi connectivity index (χ1n) is 9.12. The van der Waals surface area contributed by atoms with Crippen LogP contribution in [0.5, 0.6) is 11.5 Å². The van der Waals surface area contributed by atoms with E-state index in [0.717, 1.165) is 25.1 Å². The van der Waals surface area contributed by atoms with Crippen LogP contribution in [0.15, 0.2) is 34.4 Å². The van der Waals surface area contributed by atoms with Crippen LogP contribution in [-0.2, 0) is 6.54 Å². The molecular formula is C21H23NO4. The molecule has 2 aromatic rings. The Morgan fingerprint density at radius 1 is 1.27 bits per heavy atom. The van der Waals surface area contributed by atoms with Gasteiger partial charge >= 0.3 is 0 Å². The van der Waals surface area contributed by atoms with Gasteiger partial charge in [-0.15, -0.1) is 0 Å². The van der Waals surface area contributed by atoms with E-state index in [4.69, 9.17) is 9.15 Å². The highest BCUT2D eigenvalue weighted by Crippen LogP contribution is 2.40. The smallest absolute Gasteiger partial charge is 0.232 e. The molecule has 1 aromatic carbocycles. The second kappa shape index (κ2) is 6.65. The molecular weight excluding hydrogens is 330 g/mol. The Balaban J connectivity index is 1.66. The summed E-state index contributed by atoms with van der Waals surface area (Å²) in [4.78, 5) is 15.0. The average molecular weight is 353 g/mol. The lowest BCUT2D eigenvalue weighted by Gasteiger charge is -2.33. The van der Waals surface area contributed by atoms with Gasteiger partial charge in [0, 0.05) is 18.7 Å². The molecule has 2 aliphatic rings. The van der Waals surface area contributed by atoms with Crippen molar-refractivity contribution in [2.45, 2.75) is 45.7 Å². The highest BCUT2D eigenvalue weighted by Gasteiger charge is 2.32. The van der Waals surface area contributed by atoms with Gasteiger partial charge in [0.1, 0.15) is 23.0 Å². The van der Waals surface area contributed by atoms with Crippen molar-refractivity contribution in [3.05, 3.63) is 52.7 Å². The van der Waals surface area contributed by atoms with E-state index < -0.39 is 0 Å². The third-order valence-corrected chi connectivity index (χ3v) is 5.25. The fraction of sp³-hybridized carbons (Fsp3) is 0.381. The van der Waals surface area contributed by atoms with Crippen molar-refractivity contribution in [1.82, 2.24) is 4.90 Å². The third kappa shape index (κ3) is 3.03. The maximum absolute atomic E-state index is 12.7. The zero-order valence-electron chi connectivity index (χ0n) is 15.1. The number of ketones is 1. The number of ether oxygens (including phenoxy) is 1. The average Bonchev–Trinajstić information content (AvgIpc) is 3.16. The van der Waals surface area contributed by atoms with Gasteiger partial charge in [-0.3, -0.25) is 9.69 Å². The Morgan fingerprint density at radius 3 is 2.85 bits per heavy atom. The van der Waals surface area contributed by atoms with E-state index in [0.29, 0.717) is 35.2 Å². The van der Waals surface area contributed by atoms with Crippen LogP contribution < -0.4 is 4.74 Å². The minimum atomic E-state index is -0.179. The SMILES string of the molecule is Cc1ccc(C=C2Oc3c(ccc(O)c3CN3CCCC[C@@H]3C)C2=O)o1. The fourth-order valence-electron chi connectivity index (χ4n) is 3.71. The molecule has 0 radical (unpaired) electrons. The van der Waals surface area contributed by atoms with Crippen molar-refractivity contribution in [2.24, 2.45) is 0 Å². The summed E-state index contributed by atoms with van der Waals surface area (Å²) in [6.45, 7) is 5.63. The van der Waals surface area contributed by atoms with Crippen LogP contribution in [0.2, 0.25) is 0 Å². The summed E-state index contributed by atoms with van der Waals surface area (Å²) < 4.78 is 11.4. The topological polar surface area (TPSA) is 62.9 Å². The number of benzene rings is 1. The van der Waals surface area contributed by atoms with Crippen LogP contribution >= 0.6 is 0 Å². The van der Waals surface area contributed by atoms with Crippen LogP contribution in [0.4, 0.5) is 0 Å². The van der Waals surface area contributed by atoms with Crippen molar-refractivity contribution >= 4 is 11.9 Å². The third-order valence-electron chi connectivity index (χ3n) is 5.25. The largest absolute Gasteiger partial charge is 0.507 e. The maximum atomic E-state index is 12.7. The first-order chi connectivity index (χ1) is 12.5. The van der Waals surface area contributed by atoms with E-state index in [1.807, 2.05) is 13.0 Å². The number of hydrogen-bond donors (Lipinski definition) is 1. The molecule has 1 N–H and O–H groups in total. The van der Waals surface area contributed by atoms with Crippen molar-refractivity contribution < 1.29 is 19.1 Å². The van der Waals surface area contributed by atoms with Gasteiger partial charge in [0.2, 0.25) is 5.78 Å². The summed E-state index contributed by atoms with van der Waals surface area (Å²) in [7, 11) is 0. The molecule has 2 aliphatic heterocycles. The first kappa shape index (κ1) is 16.9. The Labute approximate surface area is 152 Å². The van der Waals surface area contributed by atoms with Crippen LogP contribution in [-0.4, -0.2) is 28.4 Å². The number of allylic oxidation sites excluding steroid dienone is 1. The molecule has 0 unspecified atom stereocenters. The Hall–Kier alpha value is -2.53. The van der Waals surface area contributed by atoms with Crippen LogP contribution in [0.3, 0.4) is 0 Å². The number of fused-ring (bicyclic) bond motifs is 1. The zero-order chi connectivity index (χ0) is 18.3. The standard InChI is InChI=1S/C21H23NO4/c1-13-5-3-4-10-22(13)12-17-18(23)9-8-16-20(24)19(26-21(16)17)11-15-7-6-14(2)25-15/h6-9,11,13,23H,3-5,10,12H2,1-2H3/t13-/m0/s1. The maximum Gasteiger partial charge on any atom is 0.232 e. The lowest BCUT2D eigenvalue weighted by molar-refractivity contribution is 0.101. The Kier molecular flexibility index (Phi) is 4.32. The van der Waals surface area contributed by atoms with Crippen LogP contribution in [0.25, 0.3) is 6.08 Å². The summed E-state index contributed by atoms with van der Waals surface area (Å²) in [6.07, 6.45) is 5.15. The molecule has 3 heterocycles. The molecule has 26 heavy (non-hydrogen) atoms. The van der Waals surface area contributed by atoms with E-state index in [2.05, 4.69) is 11.8 Å². The lowest BCUT2D eigenvalue weighted by Crippen LogP contribution is -2.36. The Morgan fingerprint density at radius 2 is 2.12 bits per heavy atom. The second-order valence-corrected chi connectivity index (χ2v) is 7.14. The van der Waals surface area contributed by atoms with Gasteiger partial charge in [-0.25, -0.2) is 0 Å². The molecule has 0 saturated carbocycles. The number of nitrogens with zero attached hydrogens (tertiary/aromatic N) is 1. The molecule has 1 saturated heterocycles. The number of hydrogen-bond acceptors (Lipinski definition) is 5. The van der Waals surface area contributed by atoms with Crippen LogP contribution in [0, 0.1) is 6.92 Å². The number of likely N-dealkylation sites (tertiary alicyclic amines) is 1. The van der Waals surface area contributed by atoms with Gasteiger partial charge < -0.3 is 14.3 Å². The number of phenols is 1. The minimum absolute atomic E-state index is 0.171. The number of phenolic OH excluding ortho intramolecular Hbond substituents is 1. The molecule has 0 spiro atoms. The molecule has 4 rings (SSSR count). The summed E-state index contributed by atoms with van der Waals surface area (Å²) >= 11 is 0. The first-order valence-corrected chi connectivity index (χ1v) is 9.12. The monoisotopic (exact) mass is 353 g/mol. The minimum Gasteiger partial charge on any atom is -0.507 e. The van der Waals surface area contributed by atoms with E-state index in [9.17, 15) is 9.90 Å². The summed E-state index contributed by atoms with van der Waals surface area (Å²) in [5, 5.41) is 10.4. The van der Waals surface area contributed by atoms with Crippen molar-refractivity contribution in [3.8, 4) is 11.5 Å². The van der Waals surface area contributed by atoms with Gasteiger partial charge in [-0.1, -0.05) is 6.42 Å². The number of furan rings is 1. The molecule has 5 nitrogen and oxygen atoms in total. The van der Waals surface area contributed by atoms with Crippen molar-refractivity contribution in [1.29, 1.82) is 0 Å². The van der Waals surface area contributed by atoms with E-state index >= 15 is 0 Å².